The Kier molecular flexibility index (Phi) is 4.14. The van der Waals surface area contributed by atoms with Crippen LogP contribution >= 0.6 is 0 Å². The van der Waals surface area contributed by atoms with Crippen LogP contribution in [-0.2, 0) is 4.79 Å². The summed E-state index contributed by atoms with van der Waals surface area (Å²) in [6.07, 6.45) is 3.00. The van der Waals surface area contributed by atoms with Crippen molar-refractivity contribution >= 4 is 5.91 Å². The second kappa shape index (κ2) is 4.97. The van der Waals surface area contributed by atoms with Crippen LogP contribution in [0, 0.1) is 0 Å². The molecule has 1 rings (SSSR count). The molecule has 0 N–H and O–H groups in total. The SMILES string of the molecule is CCC[N+](C)(C)CCN1C(=O)CCC1C. The number of hydrogen-bond acceptors (Lipinski definition) is 1. The Labute approximate surface area is 93.6 Å². The van der Waals surface area contributed by atoms with Crippen molar-refractivity contribution < 1.29 is 9.28 Å². The Bertz CT molecular complexity index is 226. The second-order valence-corrected chi connectivity index (χ2v) is 5.36. The summed E-state index contributed by atoms with van der Waals surface area (Å²) < 4.78 is 1.02. The Morgan fingerprint density at radius 3 is 2.53 bits per heavy atom. The van der Waals surface area contributed by atoms with E-state index in [0.29, 0.717) is 11.9 Å². The normalized spacial score (nSPS) is 22.5. The zero-order valence-electron chi connectivity index (χ0n) is 10.6. The van der Waals surface area contributed by atoms with Gasteiger partial charge < -0.3 is 9.38 Å². The van der Waals surface area contributed by atoms with Crippen molar-refractivity contribution in [2.24, 2.45) is 0 Å². The summed E-state index contributed by atoms with van der Waals surface area (Å²) in [6.45, 7) is 7.56. The Morgan fingerprint density at radius 1 is 1.40 bits per heavy atom. The first-order valence-corrected chi connectivity index (χ1v) is 6.08. The van der Waals surface area contributed by atoms with Crippen LogP contribution in [0.3, 0.4) is 0 Å². The van der Waals surface area contributed by atoms with Crippen molar-refractivity contribution in [3.63, 3.8) is 0 Å². The third-order valence-corrected chi connectivity index (χ3v) is 3.40. The number of carbonyl (C=O) groups is 1. The standard InChI is InChI=1S/C12H25N2O/c1-5-9-14(3,4)10-8-13-11(2)6-7-12(13)15/h11H,5-10H2,1-4H3/q+1. The monoisotopic (exact) mass is 213 g/mol. The third kappa shape index (κ3) is 3.49. The number of carbonyl (C=O) groups excluding carboxylic acids is 1. The maximum Gasteiger partial charge on any atom is 0.223 e. The van der Waals surface area contributed by atoms with Crippen LogP contribution in [-0.4, -0.2) is 55.1 Å². The molecule has 1 unspecified atom stereocenters. The maximum atomic E-state index is 11.6. The van der Waals surface area contributed by atoms with Crippen molar-refractivity contribution in [1.82, 2.24) is 4.90 Å². The molecule has 0 aliphatic carbocycles. The fraction of sp³-hybridized carbons (Fsp3) is 0.917. The van der Waals surface area contributed by atoms with E-state index in [0.717, 1.165) is 30.4 Å². The van der Waals surface area contributed by atoms with Gasteiger partial charge in [0.25, 0.3) is 0 Å². The minimum atomic E-state index is 0.346. The molecule has 3 nitrogen and oxygen atoms in total. The molecule has 15 heavy (non-hydrogen) atoms. The molecule has 1 heterocycles. The summed E-state index contributed by atoms with van der Waals surface area (Å²) >= 11 is 0. The minimum Gasteiger partial charge on any atom is -0.334 e. The summed E-state index contributed by atoms with van der Waals surface area (Å²) in [5.74, 6) is 0.346. The van der Waals surface area contributed by atoms with Crippen molar-refractivity contribution in [3.8, 4) is 0 Å². The average molecular weight is 213 g/mol. The molecule has 0 aromatic heterocycles. The summed E-state index contributed by atoms with van der Waals surface area (Å²) in [4.78, 5) is 13.6. The molecule has 0 aromatic rings. The van der Waals surface area contributed by atoms with E-state index >= 15 is 0 Å². The lowest BCUT2D eigenvalue weighted by molar-refractivity contribution is -0.889. The van der Waals surface area contributed by atoms with Crippen LogP contribution in [0.1, 0.15) is 33.1 Å². The lowest BCUT2D eigenvalue weighted by Crippen LogP contribution is -2.47. The number of amides is 1. The van der Waals surface area contributed by atoms with Gasteiger partial charge in [-0.1, -0.05) is 6.92 Å². The molecule has 3 heteroatoms. The highest BCUT2D eigenvalue weighted by molar-refractivity contribution is 5.78. The predicted octanol–water partition coefficient (Wildman–Crippen LogP) is 1.48. The zero-order chi connectivity index (χ0) is 11.5. The molecule has 1 amide bonds. The van der Waals surface area contributed by atoms with E-state index in [4.69, 9.17) is 0 Å². The molecule has 0 aromatic carbocycles. The van der Waals surface area contributed by atoms with Gasteiger partial charge in [0.15, 0.2) is 0 Å². The molecule has 1 saturated heterocycles. The first kappa shape index (κ1) is 12.5. The topological polar surface area (TPSA) is 20.3 Å². The van der Waals surface area contributed by atoms with Gasteiger partial charge >= 0.3 is 0 Å². The molecule has 0 spiro atoms. The fourth-order valence-corrected chi connectivity index (χ4v) is 2.32. The number of hydrogen-bond donors (Lipinski definition) is 0. The number of rotatable bonds is 5. The van der Waals surface area contributed by atoms with Crippen LogP contribution in [0.25, 0.3) is 0 Å². The number of likely N-dealkylation sites (N-methyl/N-ethyl adjacent to an activating group) is 1. The largest absolute Gasteiger partial charge is 0.334 e. The molecule has 0 bridgehead atoms. The molecular weight excluding hydrogens is 188 g/mol. The summed E-state index contributed by atoms with van der Waals surface area (Å²) in [7, 11) is 4.49. The Morgan fingerprint density at radius 2 is 2.07 bits per heavy atom. The first-order chi connectivity index (χ1) is 6.96. The highest BCUT2D eigenvalue weighted by Crippen LogP contribution is 2.17. The highest BCUT2D eigenvalue weighted by atomic mass is 16.2. The fourth-order valence-electron chi connectivity index (χ4n) is 2.32. The van der Waals surface area contributed by atoms with Crippen LogP contribution in [0.2, 0.25) is 0 Å². The Hall–Kier alpha value is -0.570. The second-order valence-electron chi connectivity index (χ2n) is 5.36. The molecule has 1 fully saturated rings. The van der Waals surface area contributed by atoms with Crippen molar-refractivity contribution in [2.45, 2.75) is 39.2 Å². The highest BCUT2D eigenvalue weighted by Gasteiger charge is 2.28. The van der Waals surface area contributed by atoms with Gasteiger partial charge in [-0.25, -0.2) is 0 Å². The van der Waals surface area contributed by atoms with E-state index in [1.165, 1.54) is 13.0 Å². The number of likely N-dealkylation sites (tertiary alicyclic amines) is 1. The quantitative estimate of drug-likeness (QED) is 0.634. The molecule has 1 atom stereocenters. The van der Waals surface area contributed by atoms with E-state index in [-0.39, 0.29) is 0 Å². The van der Waals surface area contributed by atoms with E-state index < -0.39 is 0 Å². The van der Waals surface area contributed by atoms with Crippen molar-refractivity contribution in [3.05, 3.63) is 0 Å². The number of nitrogens with zero attached hydrogens (tertiary/aromatic N) is 2. The van der Waals surface area contributed by atoms with E-state index in [9.17, 15) is 4.79 Å². The van der Waals surface area contributed by atoms with Crippen molar-refractivity contribution in [2.75, 3.05) is 33.7 Å². The van der Waals surface area contributed by atoms with Crippen molar-refractivity contribution in [1.29, 1.82) is 0 Å². The molecule has 0 radical (unpaired) electrons. The smallest absolute Gasteiger partial charge is 0.223 e. The molecule has 88 valence electrons. The first-order valence-electron chi connectivity index (χ1n) is 6.08. The van der Waals surface area contributed by atoms with Gasteiger partial charge in [0.2, 0.25) is 5.91 Å². The molecule has 1 aliphatic heterocycles. The molecule has 0 saturated carbocycles. The zero-order valence-corrected chi connectivity index (χ0v) is 10.6. The number of quaternary nitrogens is 1. The van der Waals surface area contributed by atoms with Crippen LogP contribution in [0.15, 0.2) is 0 Å². The van der Waals surface area contributed by atoms with Gasteiger partial charge in [-0.05, 0) is 19.8 Å². The van der Waals surface area contributed by atoms with Crippen LogP contribution in [0.4, 0.5) is 0 Å². The summed E-state index contributed by atoms with van der Waals surface area (Å²) in [5, 5.41) is 0. The van der Waals surface area contributed by atoms with Gasteiger partial charge in [-0.2, -0.15) is 0 Å². The minimum absolute atomic E-state index is 0.346. The van der Waals surface area contributed by atoms with Crippen LogP contribution < -0.4 is 0 Å². The van der Waals surface area contributed by atoms with Gasteiger partial charge in [-0.3, -0.25) is 4.79 Å². The Balaban J connectivity index is 2.39. The lowest BCUT2D eigenvalue weighted by Gasteiger charge is -2.32. The molecular formula is C12H25N2O+. The molecule has 1 aliphatic rings. The lowest BCUT2D eigenvalue weighted by atomic mass is 10.2. The average Bonchev–Trinajstić information content (AvgIpc) is 2.44. The predicted molar refractivity (Wildman–Crippen MR) is 62.5 cm³/mol. The van der Waals surface area contributed by atoms with E-state index in [1.807, 2.05) is 0 Å². The summed E-state index contributed by atoms with van der Waals surface area (Å²) in [5.41, 5.74) is 0. The van der Waals surface area contributed by atoms with Crippen LogP contribution in [0.5, 0.6) is 0 Å². The maximum absolute atomic E-state index is 11.6. The van der Waals surface area contributed by atoms with E-state index in [2.05, 4.69) is 32.8 Å². The van der Waals surface area contributed by atoms with E-state index in [1.54, 1.807) is 0 Å². The van der Waals surface area contributed by atoms with Gasteiger partial charge in [0, 0.05) is 12.5 Å². The van der Waals surface area contributed by atoms with Gasteiger partial charge in [-0.15, -0.1) is 0 Å². The van der Waals surface area contributed by atoms with Gasteiger partial charge in [0.05, 0.1) is 33.7 Å². The van der Waals surface area contributed by atoms with Gasteiger partial charge in [0.1, 0.15) is 0 Å². The third-order valence-electron chi connectivity index (χ3n) is 3.40. The summed E-state index contributed by atoms with van der Waals surface area (Å²) in [6, 6.07) is 0.458.